The van der Waals surface area contributed by atoms with Crippen LogP contribution in [0.4, 0.5) is 45.2 Å². The number of hydrogen-bond donors (Lipinski definition) is 1. The number of anilines is 1. The summed E-state index contributed by atoms with van der Waals surface area (Å²) in [6.07, 6.45) is -17.9. The highest BCUT2D eigenvalue weighted by Gasteiger charge is 2.74. The Kier molecular flexibility index (Phi) is 6.94. The van der Waals surface area contributed by atoms with E-state index >= 15 is 0 Å². The summed E-state index contributed by atoms with van der Waals surface area (Å²) in [5.41, 5.74) is -7.71. The Morgan fingerprint density at radius 2 is 1.32 bits per heavy atom. The largest absolute Gasteiger partial charge is 0.431 e. The van der Waals surface area contributed by atoms with Crippen LogP contribution in [0.1, 0.15) is 23.6 Å². The Labute approximate surface area is 214 Å². The number of alkyl halides is 9. The highest BCUT2D eigenvalue weighted by Crippen LogP contribution is 2.49. The molecular formula is C25H16ClF9N2O. The lowest BCUT2D eigenvalue weighted by Crippen LogP contribution is -2.62. The number of hydrogen-bond acceptors (Lipinski definition) is 3. The van der Waals surface area contributed by atoms with E-state index in [0.29, 0.717) is 0 Å². The maximum Gasteiger partial charge on any atom is 0.431 e. The first-order valence-electron chi connectivity index (χ1n) is 10.8. The highest BCUT2D eigenvalue weighted by molar-refractivity contribution is 6.33. The van der Waals surface area contributed by atoms with Crippen molar-refractivity contribution >= 4 is 23.0 Å². The van der Waals surface area contributed by atoms with Gasteiger partial charge in [0.15, 0.2) is 0 Å². The molecule has 0 amide bonds. The van der Waals surface area contributed by atoms with Crippen LogP contribution in [-0.2, 0) is 6.18 Å². The minimum Gasteiger partial charge on any atom is -0.369 e. The quantitative estimate of drug-likeness (QED) is 0.323. The second-order valence-corrected chi connectivity index (χ2v) is 8.84. The number of para-hydroxylation sites is 1. The van der Waals surface area contributed by atoms with Gasteiger partial charge in [0.05, 0.1) is 28.0 Å². The molecule has 38 heavy (non-hydrogen) atoms. The molecule has 13 heteroatoms. The van der Waals surface area contributed by atoms with E-state index in [1.807, 2.05) is 0 Å². The molecule has 202 valence electrons. The molecule has 3 aromatic rings. The summed E-state index contributed by atoms with van der Waals surface area (Å²) in [7, 11) is 0. The molecule has 0 saturated heterocycles. The molecule has 1 N–H and O–H groups in total. The standard InChI is InChI=1S/C25H16ClF9N2O/c26-18-7-3-4-8-19(18)37-20(13-21(36-37)22(38,24(30,31)32)25(33,34)35)15-11-9-14(10-12-15)16-5-1-2-6-17(16)23(27,28)29/h1-12,20,38H,13H2. The van der Waals surface area contributed by atoms with Crippen molar-refractivity contribution in [2.24, 2.45) is 5.10 Å². The fourth-order valence-corrected chi connectivity index (χ4v) is 4.43. The monoisotopic (exact) mass is 566 g/mol. The summed E-state index contributed by atoms with van der Waals surface area (Å²) >= 11 is 6.14. The molecule has 1 aliphatic rings. The second kappa shape index (κ2) is 9.49. The first-order valence-corrected chi connectivity index (χ1v) is 11.2. The van der Waals surface area contributed by atoms with Crippen molar-refractivity contribution in [3.05, 3.63) is 88.9 Å². The van der Waals surface area contributed by atoms with Gasteiger partial charge in [-0.05, 0) is 34.9 Å². The zero-order chi connectivity index (χ0) is 28.1. The summed E-state index contributed by atoms with van der Waals surface area (Å²) < 4.78 is 122. The molecule has 0 bridgehead atoms. The summed E-state index contributed by atoms with van der Waals surface area (Å²) in [6, 6.07) is 14.1. The molecule has 0 saturated carbocycles. The third-order valence-corrected chi connectivity index (χ3v) is 6.41. The van der Waals surface area contributed by atoms with Crippen molar-refractivity contribution < 1.29 is 44.6 Å². The summed E-state index contributed by atoms with van der Waals surface area (Å²) in [6.45, 7) is 0. The van der Waals surface area contributed by atoms with Crippen molar-refractivity contribution in [3.8, 4) is 11.1 Å². The van der Waals surface area contributed by atoms with E-state index in [0.717, 1.165) is 11.1 Å². The van der Waals surface area contributed by atoms with Crippen molar-refractivity contribution in [2.75, 3.05) is 5.01 Å². The molecule has 0 aliphatic carbocycles. The smallest absolute Gasteiger partial charge is 0.369 e. The van der Waals surface area contributed by atoms with E-state index in [2.05, 4.69) is 5.10 Å². The molecule has 1 atom stereocenters. The molecule has 0 radical (unpaired) electrons. The number of hydrazone groups is 1. The Balaban J connectivity index is 1.80. The van der Waals surface area contributed by atoms with Crippen LogP contribution in [0.25, 0.3) is 11.1 Å². The van der Waals surface area contributed by atoms with E-state index in [1.165, 1.54) is 66.7 Å². The van der Waals surface area contributed by atoms with Gasteiger partial charge in [-0.15, -0.1) is 0 Å². The SMILES string of the molecule is OC(C1=NN(c2ccccc2Cl)C(c2ccc(-c3ccccc3C(F)(F)F)cc2)C1)(C(F)(F)F)C(F)(F)F. The lowest BCUT2D eigenvalue weighted by Gasteiger charge is -2.32. The highest BCUT2D eigenvalue weighted by atomic mass is 35.5. The normalized spacial score (nSPS) is 17.1. The van der Waals surface area contributed by atoms with Gasteiger partial charge in [-0.1, -0.05) is 66.2 Å². The van der Waals surface area contributed by atoms with Crippen LogP contribution in [-0.4, -0.2) is 28.8 Å². The van der Waals surface area contributed by atoms with E-state index in [9.17, 15) is 44.6 Å². The molecule has 4 rings (SSSR count). The number of nitrogens with zero attached hydrogens (tertiary/aromatic N) is 2. The number of rotatable bonds is 4. The van der Waals surface area contributed by atoms with Crippen LogP contribution in [0.3, 0.4) is 0 Å². The van der Waals surface area contributed by atoms with Crippen molar-refractivity contribution in [1.29, 1.82) is 0 Å². The molecular weight excluding hydrogens is 551 g/mol. The minimum absolute atomic E-state index is 0.0349. The molecule has 1 heterocycles. The molecule has 3 aromatic carbocycles. The Morgan fingerprint density at radius 1 is 0.763 bits per heavy atom. The molecule has 1 unspecified atom stereocenters. The van der Waals surface area contributed by atoms with E-state index in [-0.39, 0.29) is 27.4 Å². The molecule has 0 aromatic heterocycles. The van der Waals surface area contributed by atoms with Crippen LogP contribution in [0.15, 0.2) is 77.9 Å². The second-order valence-electron chi connectivity index (χ2n) is 8.43. The van der Waals surface area contributed by atoms with Gasteiger partial charge in [0, 0.05) is 6.42 Å². The van der Waals surface area contributed by atoms with Gasteiger partial charge in [-0.25, -0.2) is 0 Å². The summed E-state index contributed by atoms with van der Waals surface area (Å²) in [5, 5.41) is 14.3. The number of aliphatic hydroxyl groups is 1. The maximum atomic E-state index is 13.6. The maximum absolute atomic E-state index is 13.6. The average molecular weight is 567 g/mol. The number of halogens is 10. The molecule has 1 aliphatic heterocycles. The van der Waals surface area contributed by atoms with Crippen LogP contribution in [0.2, 0.25) is 5.02 Å². The third-order valence-electron chi connectivity index (χ3n) is 6.09. The van der Waals surface area contributed by atoms with Crippen LogP contribution in [0.5, 0.6) is 0 Å². The zero-order valence-electron chi connectivity index (χ0n) is 18.8. The van der Waals surface area contributed by atoms with Gasteiger partial charge in [0.2, 0.25) is 0 Å². The summed E-state index contributed by atoms with van der Waals surface area (Å²) in [4.78, 5) is 0. The lowest BCUT2D eigenvalue weighted by molar-refractivity contribution is -0.338. The van der Waals surface area contributed by atoms with Crippen LogP contribution < -0.4 is 5.01 Å². The van der Waals surface area contributed by atoms with Crippen LogP contribution in [0, 0.1) is 0 Å². The summed E-state index contributed by atoms with van der Waals surface area (Å²) in [5.74, 6) is 0. The van der Waals surface area contributed by atoms with E-state index in [1.54, 1.807) is 0 Å². The van der Waals surface area contributed by atoms with Gasteiger partial charge >= 0.3 is 18.5 Å². The van der Waals surface area contributed by atoms with Gasteiger partial charge in [0.1, 0.15) is 0 Å². The first kappa shape index (κ1) is 27.8. The Bertz CT molecular complexity index is 1330. The van der Waals surface area contributed by atoms with Crippen LogP contribution >= 0.6 is 11.6 Å². The van der Waals surface area contributed by atoms with E-state index in [4.69, 9.17) is 11.6 Å². The first-order chi connectivity index (χ1) is 17.6. The predicted octanol–water partition coefficient (Wildman–Crippen LogP) is 8.19. The van der Waals surface area contributed by atoms with Gasteiger partial charge in [-0.3, -0.25) is 5.01 Å². The van der Waals surface area contributed by atoms with Gasteiger partial charge < -0.3 is 5.11 Å². The molecule has 0 spiro atoms. The third kappa shape index (κ3) is 4.82. The molecule has 3 nitrogen and oxygen atoms in total. The Morgan fingerprint density at radius 3 is 1.87 bits per heavy atom. The van der Waals surface area contributed by atoms with Gasteiger partial charge in [-0.2, -0.15) is 44.6 Å². The Hall–Kier alpha value is -3.25. The number of benzene rings is 3. The van der Waals surface area contributed by atoms with Gasteiger partial charge in [0.25, 0.3) is 5.60 Å². The predicted molar refractivity (Wildman–Crippen MR) is 123 cm³/mol. The fraction of sp³-hybridized carbons (Fsp3) is 0.240. The average Bonchev–Trinajstić information content (AvgIpc) is 3.27. The topological polar surface area (TPSA) is 35.8 Å². The van der Waals surface area contributed by atoms with Crippen molar-refractivity contribution in [3.63, 3.8) is 0 Å². The minimum atomic E-state index is -6.14. The molecule has 0 fully saturated rings. The van der Waals surface area contributed by atoms with Crippen molar-refractivity contribution in [2.45, 2.75) is 36.6 Å². The lowest BCUT2D eigenvalue weighted by atomic mass is 9.89. The fourth-order valence-electron chi connectivity index (χ4n) is 4.20. The van der Waals surface area contributed by atoms with E-state index < -0.39 is 47.9 Å². The van der Waals surface area contributed by atoms with Crippen molar-refractivity contribution in [1.82, 2.24) is 0 Å². The zero-order valence-corrected chi connectivity index (χ0v) is 19.6.